The molecule has 0 aliphatic carbocycles. The van der Waals surface area contributed by atoms with E-state index in [1.807, 2.05) is 6.07 Å². The van der Waals surface area contributed by atoms with E-state index in [1.165, 1.54) is 23.1 Å². The van der Waals surface area contributed by atoms with Crippen molar-refractivity contribution in [3.05, 3.63) is 87.3 Å². The standard InChI is InChI=1S/C27H30F3N3O5Si/c1-39(2,3)12-11-37-17-33-25(34)24(27(28,29)30)22(14-31-33)32-15-19-7-4-5-10-21(19)23(32)16-38-20-9-6-8-18(13-20)26(35)36/h4-10,13-14,23H,11-12,15-17H2,1-3H3,(H,35,36). The fourth-order valence-electron chi connectivity index (χ4n) is 4.38. The topological polar surface area (TPSA) is 93.9 Å². The molecular formula is C27H30F3N3O5Si. The molecule has 0 fully saturated rings. The van der Waals surface area contributed by atoms with Crippen molar-refractivity contribution in [2.24, 2.45) is 0 Å². The molecule has 1 atom stereocenters. The predicted molar refractivity (Wildman–Crippen MR) is 142 cm³/mol. The van der Waals surface area contributed by atoms with E-state index in [0.29, 0.717) is 11.3 Å². The highest BCUT2D eigenvalue weighted by molar-refractivity contribution is 6.76. The second kappa shape index (κ2) is 11.2. The maximum Gasteiger partial charge on any atom is 0.423 e. The summed E-state index contributed by atoms with van der Waals surface area (Å²) in [4.78, 5) is 25.8. The van der Waals surface area contributed by atoms with Gasteiger partial charge >= 0.3 is 12.1 Å². The Morgan fingerprint density at radius 1 is 1.15 bits per heavy atom. The van der Waals surface area contributed by atoms with Gasteiger partial charge in [-0.15, -0.1) is 0 Å². The number of fused-ring (bicyclic) bond motifs is 1. The normalized spacial score (nSPS) is 15.3. The zero-order valence-electron chi connectivity index (χ0n) is 21.9. The molecule has 1 aliphatic rings. The van der Waals surface area contributed by atoms with Gasteiger partial charge in [-0.3, -0.25) is 4.79 Å². The first kappa shape index (κ1) is 28.4. The Kier molecular flexibility index (Phi) is 8.16. The number of anilines is 1. The fraction of sp³-hybridized carbons (Fsp3) is 0.370. The van der Waals surface area contributed by atoms with E-state index in [0.717, 1.165) is 23.4 Å². The molecule has 39 heavy (non-hydrogen) atoms. The van der Waals surface area contributed by atoms with Crippen LogP contribution in [0.15, 0.2) is 59.5 Å². The van der Waals surface area contributed by atoms with Crippen LogP contribution in [0.5, 0.6) is 5.75 Å². The number of carboxylic acid groups (broad SMARTS) is 1. The van der Waals surface area contributed by atoms with E-state index in [-0.39, 0.29) is 36.9 Å². The van der Waals surface area contributed by atoms with Crippen molar-refractivity contribution in [1.82, 2.24) is 9.78 Å². The van der Waals surface area contributed by atoms with Gasteiger partial charge in [0, 0.05) is 21.2 Å². The highest BCUT2D eigenvalue weighted by Gasteiger charge is 2.42. The molecule has 0 amide bonds. The zero-order chi connectivity index (χ0) is 28.4. The minimum Gasteiger partial charge on any atom is -0.491 e. The quantitative estimate of drug-likeness (QED) is 0.261. The molecule has 0 bridgehead atoms. The second-order valence-electron chi connectivity index (χ2n) is 10.5. The van der Waals surface area contributed by atoms with E-state index in [9.17, 15) is 27.9 Å². The van der Waals surface area contributed by atoms with Gasteiger partial charge in [-0.25, -0.2) is 9.48 Å². The number of ether oxygens (including phenoxy) is 2. The van der Waals surface area contributed by atoms with Crippen molar-refractivity contribution in [3.8, 4) is 5.75 Å². The predicted octanol–water partition coefficient (Wildman–Crippen LogP) is 5.41. The number of carbonyl (C=O) groups is 1. The fourth-order valence-corrected chi connectivity index (χ4v) is 5.13. The van der Waals surface area contributed by atoms with Crippen molar-refractivity contribution < 1.29 is 32.5 Å². The first-order valence-corrected chi connectivity index (χ1v) is 16.1. The summed E-state index contributed by atoms with van der Waals surface area (Å²) in [7, 11) is -1.42. The van der Waals surface area contributed by atoms with Gasteiger partial charge in [0.2, 0.25) is 0 Å². The minimum absolute atomic E-state index is 0.0235. The lowest BCUT2D eigenvalue weighted by molar-refractivity contribution is -0.138. The number of benzene rings is 2. The molecule has 1 aromatic heterocycles. The maximum atomic E-state index is 14.3. The maximum absolute atomic E-state index is 14.3. The summed E-state index contributed by atoms with van der Waals surface area (Å²) >= 11 is 0. The van der Waals surface area contributed by atoms with Gasteiger partial charge in [0.25, 0.3) is 5.56 Å². The number of carboxylic acids is 1. The number of hydrogen-bond acceptors (Lipinski definition) is 6. The molecule has 0 radical (unpaired) electrons. The number of hydrogen-bond donors (Lipinski definition) is 1. The summed E-state index contributed by atoms with van der Waals surface area (Å²) in [5, 5.41) is 13.3. The van der Waals surface area contributed by atoms with E-state index in [4.69, 9.17) is 9.47 Å². The van der Waals surface area contributed by atoms with Crippen LogP contribution in [0.4, 0.5) is 18.9 Å². The van der Waals surface area contributed by atoms with Crippen LogP contribution in [-0.4, -0.2) is 42.1 Å². The van der Waals surface area contributed by atoms with Crippen molar-refractivity contribution in [3.63, 3.8) is 0 Å². The van der Waals surface area contributed by atoms with Crippen LogP contribution in [0.25, 0.3) is 0 Å². The van der Waals surface area contributed by atoms with Crippen LogP contribution < -0.4 is 15.2 Å². The molecule has 208 valence electrons. The number of rotatable bonds is 10. The number of aromatic carboxylic acids is 1. The van der Waals surface area contributed by atoms with Crippen molar-refractivity contribution >= 4 is 19.7 Å². The Morgan fingerprint density at radius 3 is 2.59 bits per heavy atom. The molecule has 0 saturated heterocycles. The largest absolute Gasteiger partial charge is 0.491 e. The van der Waals surface area contributed by atoms with Crippen LogP contribution in [0.3, 0.4) is 0 Å². The van der Waals surface area contributed by atoms with E-state index < -0.39 is 37.4 Å². The molecular weight excluding hydrogens is 531 g/mol. The average molecular weight is 562 g/mol. The second-order valence-corrected chi connectivity index (χ2v) is 16.2. The molecule has 8 nitrogen and oxygen atoms in total. The van der Waals surface area contributed by atoms with Crippen molar-refractivity contribution in [2.75, 3.05) is 18.1 Å². The highest BCUT2D eigenvalue weighted by Crippen LogP contribution is 2.42. The molecule has 1 N–H and O–H groups in total. The molecule has 12 heteroatoms. The van der Waals surface area contributed by atoms with Crippen LogP contribution in [-0.2, 0) is 24.2 Å². The van der Waals surface area contributed by atoms with Gasteiger partial charge in [0.1, 0.15) is 24.7 Å². The lowest BCUT2D eigenvalue weighted by Crippen LogP contribution is -2.36. The smallest absolute Gasteiger partial charge is 0.423 e. The van der Waals surface area contributed by atoms with Gasteiger partial charge in [-0.05, 0) is 35.4 Å². The molecule has 0 saturated carbocycles. The molecule has 3 aromatic rings. The lowest BCUT2D eigenvalue weighted by Gasteiger charge is -2.29. The summed E-state index contributed by atoms with van der Waals surface area (Å²) in [6.45, 7) is 6.42. The van der Waals surface area contributed by atoms with Crippen LogP contribution in [0.2, 0.25) is 25.7 Å². The van der Waals surface area contributed by atoms with Crippen molar-refractivity contribution in [2.45, 2.75) is 51.2 Å². The summed E-state index contributed by atoms with van der Waals surface area (Å²) in [6, 6.07) is 13.1. The van der Waals surface area contributed by atoms with Gasteiger partial charge in [0.05, 0.1) is 23.5 Å². The number of aromatic nitrogens is 2. The number of nitrogens with zero attached hydrogens (tertiary/aromatic N) is 3. The third-order valence-corrected chi connectivity index (χ3v) is 8.15. The lowest BCUT2D eigenvalue weighted by atomic mass is 10.1. The average Bonchev–Trinajstić information content (AvgIpc) is 3.23. The van der Waals surface area contributed by atoms with Crippen LogP contribution >= 0.6 is 0 Å². The van der Waals surface area contributed by atoms with E-state index in [2.05, 4.69) is 24.7 Å². The zero-order valence-corrected chi connectivity index (χ0v) is 22.9. The summed E-state index contributed by atoms with van der Waals surface area (Å²) in [5.74, 6) is -0.863. The molecule has 0 spiro atoms. The van der Waals surface area contributed by atoms with Crippen LogP contribution in [0, 0.1) is 0 Å². The van der Waals surface area contributed by atoms with Crippen LogP contribution in [0.1, 0.15) is 33.1 Å². The van der Waals surface area contributed by atoms with Gasteiger partial charge in [-0.2, -0.15) is 18.3 Å². The Balaban J connectivity index is 1.65. The van der Waals surface area contributed by atoms with E-state index >= 15 is 0 Å². The third-order valence-electron chi connectivity index (χ3n) is 6.45. The third kappa shape index (κ3) is 6.68. The number of alkyl halides is 3. The molecule has 2 aromatic carbocycles. The summed E-state index contributed by atoms with van der Waals surface area (Å²) < 4.78 is 55.0. The Hall–Kier alpha value is -3.64. The van der Waals surface area contributed by atoms with Gasteiger partial charge in [-0.1, -0.05) is 50.0 Å². The van der Waals surface area contributed by atoms with E-state index in [1.54, 1.807) is 24.3 Å². The molecule has 1 aliphatic heterocycles. The Labute approximate surface area is 224 Å². The Morgan fingerprint density at radius 2 is 1.90 bits per heavy atom. The summed E-state index contributed by atoms with van der Waals surface area (Å²) in [5.41, 5.74) is -1.39. The first-order valence-electron chi connectivity index (χ1n) is 12.4. The molecule has 4 rings (SSSR count). The molecule has 1 unspecified atom stereocenters. The minimum atomic E-state index is -4.94. The van der Waals surface area contributed by atoms with Gasteiger partial charge < -0.3 is 19.5 Å². The van der Waals surface area contributed by atoms with Gasteiger partial charge in [0.15, 0.2) is 0 Å². The molecule has 2 heterocycles. The van der Waals surface area contributed by atoms with Crippen molar-refractivity contribution in [1.29, 1.82) is 0 Å². The number of halogens is 3. The monoisotopic (exact) mass is 561 g/mol. The SMILES string of the molecule is C[Si](C)(C)CCOCn1ncc(N2Cc3ccccc3C2COc2cccc(C(=O)O)c2)c(C(F)(F)F)c1=O. The summed E-state index contributed by atoms with van der Waals surface area (Å²) in [6.07, 6.45) is -3.89. The first-order chi connectivity index (χ1) is 18.3. The Bertz CT molecular complexity index is 1400. The highest BCUT2D eigenvalue weighted by atomic mass is 28.3.